The van der Waals surface area contributed by atoms with Crippen molar-refractivity contribution in [3.05, 3.63) is 29.3 Å². The molecule has 1 aliphatic heterocycles. The quantitative estimate of drug-likeness (QED) is 0.423. The molecule has 11 heteroatoms. The van der Waals surface area contributed by atoms with Crippen LogP contribution in [-0.4, -0.2) is 60.7 Å². The van der Waals surface area contributed by atoms with Gasteiger partial charge in [-0.3, -0.25) is 9.36 Å². The lowest BCUT2D eigenvalue weighted by Gasteiger charge is -2.08. The molecular formula is C17H21N7O2S2. The second-order valence-corrected chi connectivity index (χ2v) is 8.73. The minimum atomic E-state index is 0.0490. The number of rotatable bonds is 8. The Hall–Kier alpha value is -2.24. The van der Waals surface area contributed by atoms with Crippen LogP contribution in [0.5, 0.6) is 0 Å². The van der Waals surface area contributed by atoms with Gasteiger partial charge in [-0.15, -0.1) is 10.2 Å². The van der Waals surface area contributed by atoms with E-state index in [2.05, 4.69) is 30.7 Å². The third-order valence-corrected chi connectivity index (χ3v) is 6.60. The first-order chi connectivity index (χ1) is 13.6. The molecule has 1 saturated heterocycles. The first-order valence-electron chi connectivity index (χ1n) is 9.01. The van der Waals surface area contributed by atoms with Crippen molar-refractivity contribution in [2.45, 2.75) is 37.1 Å². The molecule has 1 aliphatic rings. The van der Waals surface area contributed by atoms with Crippen LogP contribution in [0.4, 0.5) is 5.13 Å². The van der Waals surface area contributed by atoms with E-state index < -0.39 is 0 Å². The number of nitrogens with one attached hydrogen (secondary N) is 2. The number of ketones is 1. The van der Waals surface area contributed by atoms with E-state index in [1.165, 1.54) is 29.4 Å². The standard InChI is InChI=1S/C17H21N7O2S2/c1-10-6-13(11(2)24(10)15-19-9-20-21-15)14(25)8-27-17-23-22-16(28-17)18-7-12-4-3-5-26-12/h6,9,12H,3-5,7-8H2,1-2H3,(H,18,22)(H,19,20,21)/t12-/m1/s1. The SMILES string of the molecule is Cc1cc(C(=O)CSc2nnc(NC[C@H]3CCCO3)s2)c(C)n1-c1ncn[nH]1. The summed E-state index contributed by atoms with van der Waals surface area (Å²) < 4.78 is 8.25. The van der Waals surface area contributed by atoms with Gasteiger partial charge in [-0.2, -0.15) is 10.1 Å². The van der Waals surface area contributed by atoms with Gasteiger partial charge in [0, 0.05) is 30.1 Å². The molecule has 1 atom stereocenters. The average molecular weight is 420 g/mol. The molecule has 0 aliphatic carbocycles. The maximum absolute atomic E-state index is 12.7. The topological polar surface area (TPSA) is 111 Å². The number of H-pyrrole nitrogens is 1. The number of hydrogen-bond acceptors (Lipinski definition) is 9. The van der Waals surface area contributed by atoms with Crippen LogP contribution >= 0.6 is 23.1 Å². The molecule has 0 amide bonds. The van der Waals surface area contributed by atoms with Crippen molar-refractivity contribution in [2.75, 3.05) is 24.2 Å². The van der Waals surface area contributed by atoms with Gasteiger partial charge >= 0.3 is 0 Å². The second-order valence-electron chi connectivity index (χ2n) is 6.53. The second kappa shape index (κ2) is 8.41. The van der Waals surface area contributed by atoms with Crippen LogP contribution in [-0.2, 0) is 4.74 Å². The van der Waals surface area contributed by atoms with Gasteiger partial charge in [0.2, 0.25) is 11.1 Å². The first-order valence-corrected chi connectivity index (χ1v) is 10.8. The van der Waals surface area contributed by atoms with Gasteiger partial charge in [0.05, 0.1) is 11.9 Å². The Morgan fingerprint density at radius 3 is 3.11 bits per heavy atom. The monoisotopic (exact) mass is 419 g/mol. The Kier molecular flexibility index (Phi) is 5.74. The molecule has 0 bridgehead atoms. The Labute approximate surface area is 170 Å². The van der Waals surface area contributed by atoms with Crippen LogP contribution in [0.2, 0.25) is 0 Å². The summed E-state index contributed by atoms with van der Waals surface area (Å²) in [6.07, 6.45) is 3.89. The molecule has 0 radical (unpaired) electrons. The van der Waals surface area contributed by atoms with E-state index in [4.69, 9.17) is 4.74 Å². The number of aromatic nitrogens is 6. The first kappa shape index (κ1) is 19.1. The van der Waals surface area contributed by atoms with Gasteiger partial charge in [0.1, 0.15) is 6.33 Å². The van der Waals surface area contributed by atoms with Crippen molar-refractivity contribution in [2.24, 2.45) is 0 Å². The third-order valence-electron chi connectivity index (χ3n) is 4.58. The number of hydrogen-bond donors (Lipinski definition) is 2. The predicted octanol–water partition coefficient (Wildman–Crippen LogP) is 2.63. The van der Waals surface area contributed by atoms with Gasteiger partial charge in [-0.25, -0.2) is 5.10 Å². The summed E-state index contributed by atoms with van der Waals surface area (Å²) in [5.41, 5.74) is 2.46. The average Bonchev–Trinajstić information content (AvgIpc) is 3.46. The highest BCUT2D eigenvalue weighted by molar-refractivity contribution is 8.01. The number of nitrogens with zero attached hydrogens (tertiary/aromatic N) is 5. The highest BCUT2D eigenvalue weighted by atomic mass is 32.2. The number of anilines is 1. The maximum Gasteiger partial charge on any atom is 0.229 e. The third kappa shape index (κ3) is 4.10. The van der Waals surface area contributed by atoms with Gasteiger partial charge < -0.3 is 10.1 Å². The van der Waals surface area contributed by atoms with E-state index in [0.29, 0.717) is 17.3 Å². The van der Waals surface area contributed by atoms with Crippen LogP contribution < -0.4 is 5.32 Å². The largest absolute Gasteiger partial charge is 0.376 e. The highest BCUT2D eigenvalue weighted by Crippen LogP contribution is 2.27. The molecule has 0 spiro atoms. The van der Waals surface area contributed by atoms with E-state index in [9.17, 15) is 4.79 Å². The number of ether oxygens (including phenoxy) is 1. The van der Waals surface area contributed by atoms with Gasteiger partial charge in [-0.1, -0.05) is 23.1 Å². The highest BCUT2D eigenvalue weighted by Gasteiger charge is 2.19. The fourth-order valence-corrected chi connectivity index (χ4v) is 4.87. The molecule has 0 unspecified atom stereocenters. The van der Waals surface area contributed by atoms with Crippen LogP contribution in [0.3, 0.4) is 0 Å². The number of aromatic amines is 1. The summed E-state index contributed by atoms with van der Waals surface area (Å²) in [5, 5.41) is 19.0. The predicted molar refractivity (Wildman–Crippen MR) is 108 cm³/mol. The van der Waals surface area contributed by atoms with E-state index in [-0.39, 0.29) is 11.9 Å². The zero-order chi connectivity index (χ0) is 19.5. The summed E-state index contributed by atoms with van der Waals surface area (Å²) in [5.74, 6) is 0.960. The lowest BCUT2D eigenvalue weighted by atomic mass is 10.2. The van der Waals surface area contributed by atoms with Crippen LogP contribution in [0.15, 0.2) is 16.7 Å². The minimum Gasteiger partial charge on any atom is -0.376 e. The Balaban J connectivity index is 1.35. The van der Waals surface area contributed by atoms with Crippen molar-refractivity contribution < 1.29 is 9.53 Å². The molecule has 3 aromatic rings. The molecule has 148 valence electrons. The molecule has 4 rings (SSSR count). The number of carbonyl (C=O) groups excluding carboxylic acids is 1. The lowest BCUT2D eigenvalue weighted by molar-refractivity contribution is 0.102. The van der Waals surface area contributed by atoms with Crippen molar-refractivity contribution in [3.63, 3.8) is 0 Å². The van der Waals surface area contributed by atoms with Crippen molar-refractivity contribution >= 4 is 34.0 Å². The molecule has 9 nitrogen and oxygen atoms in total. The Morgan fingerprint density at radius 1 is 1.46 bits per heavy atom. The molecular weight excluding hydrogens is 398 g/mol. The zero-order valence-electron chi connectivity index (χ0n) is 15.6. The Morgan fingerprint density at radius 2 is 2.36 bits per heavy atom. The molecule has 3 aromatic heterocycles. The Bertz CT molecular complexity index is 945. The molecule has 0 aromatic carbocycles. The van der Waals surface area contributed by atoms with Gasteiger partial charge in [0.25, 0.3) is 0 Å². The van der Waals surface area contributed by atoms with E-state index in [0.717, 1.165) is 46.9 Å². The van der Waals surface area contributed by atoms with Crippen molar-refractivity contribution in [1.29, 1.82) is 0 Å². The molecule has 0 saturated carbocycles. The summed E-state index contributed by atoms with van der Waals surface area (Å²) in [7, 11) is 0. The molecule has 28 heavy (non-hydrogen) atoms. The number of aryl methyl sites for hydroxylation is 1. The summed E-state index contributed by atoms with van der Waals surface area (Å²) >= 11 is 2.86. The molecule has 4 heterocycles. The van der Waals surface area contributed by atoms with E-state index >= 15 is 0 Å². The zero-order valence-corrected chi connectivity index (χ0v) is 17.3. The summed E-state index contributed by atoms with van der Waals surface area (Å²) in [6.45, 7) is 5.43. The van der Waals surface area contributed by atoms with Crippen molar-refractivity contribution in [3.8, 4) is 5.95 Å². The number of Topliss-reactive ketones (excluding diaryl/α,β-unsaturated/α-hetero) is 1. The van der Waals surface area contributed by atoms with Crippen LogP contribution in [0.1, 0.15) is 34.6 Å². The van der Waals surface area contributed by atoms with E-state index in [1.54, 1.807) is 0 Å². The maximum atomic E-state index is 12.7. The minimum absolute atomic E-state index is 0.0490. The summed E-state index contributed by atoms with van der Waals surface area (Å²) in [6, 6.07) is 1.88. The van der Waals surface area contributed by atoms with Gasteiger partial charge in [0.15, 0.2) is 10.1 Å². The smallest absolute Gasteiger partial charge is 0.229 e. The molecule has 1 fully saturated rings. The van der Waals surface area contributed by atoms with Crippen LogP contribution in [0.25, 0.3) is 5.95 Å². The van der Waals surface area contributed by atoms with Crippen LogP contribution in [0, 0.1) is 13.8 Å². The number of thioether (sulfide) groups is 1. The normalized spacial score (nSPS) is 16.6. The number of carbonyl (C=O) groups is 1. The fraction of sp³-hybridized carbons (Fsp3) is 0.471. The molecule has 2 N–H and O–H groups in total. The lowest BCUT2D eigenvalue weighted by Crippen LogP contribution is -2.18. The van der Waals surface area contributed by atoms with Crippen molar-refractivity contribution in [1.82, 2.24) is 29.9 Å². The fourth-order valence-electron chi connectivity index (χ4n) is 3.23. The summed E-state index contributed by atoms with van der Waals surface area (Å²) in [4.78, 5) is 16.9. The van der Waals surface area contributed by atoms with E-state index in [1.807, 2.05) is 24.5 Å². The van der Waals surface area contributed by atoms with Gasteiger partial charge in [-0.05, 0) is 32.8 Å².